The first-order valence-electron chi connectivity index (χ1n) is 7.78. The Labute approximate surface area is 137 Å². The molecule has 5 nitrogen and oxygen atoms in total. The molecule has 0 fully saturated rings. The van der Waals surface area contributed by atoms with E-state index < -0.39 is 0 Å². The number of aromatic hydroxyl groups is 1. The van der Waals surface area contributed by atoms with Crippen LogP contribution in [0, 0.1) is 0 Å². The zero-order chi connectivity index (χ0) is 16.9. The first-order chi connectivity index (χ1) is 10.9. The first-order valence-corrected chi connectivity index (χ1v) is 7.78. The third-order valence-corrected chi connectivity index (χ3v) is 4.01. The van der Waals surface area contributed by atoms with Gasteiger partial charge in [0, 0.05) is 17.6 Å². The second-order valence-corrected chi connectivity index (χ2v) is 6.37. The Bertz CT molecular complexity index is 656. The molecule has 0 aliphatic heterocycles. The Kier molecular flexibility index (Phi) is 5.58. The van der Waals surface area contributed by atoms with Crippen molar-refractivity contribution in [1.82, 2.24) is 10.3 Å². The summed E-state index contributed by atoms with van der Waals surface area (Å²) in [5.74, 6) is 0.786. The molecule has 0 radical (unpaired) electrons. The second kappa shape index (κ2) is 7.44. The minimum atomic E-state index is -0.138. The Balaban J connectivity index is 1.96. The van der Waals surface area contributed by atoms with Gasteiger partial charge in [-0.05, 0) is 44.4 Å². The number of benzene rings is 1. The molecule has 0 atom stereocenters. The molecule has 5 N–H and O–H groups in total. The number of nitrogens with one attached hydrogen (secondary N) is 1. The van der Waals surface area contributed by atoms with E-state index in [2.05, 4.69) is 24.1 Å². The van der Waals surface area contributed by atoms with Crippen LogP contribution in [-0.2, 0) is 19.6 Å². The lowest BCUT2D eigenvalue weighted by molar-refractivity contribution is 0.278. The summed E-state index contributed by atoms with van der Waals surface area (Å²) in [5, 5.41) is 22.7. The van der Waals surface area contributed by atoms with Gasteiger partial charge < -0.3 is 21.3 Å². The number of aryl methyl sites for hydroxylation is 1. The molecule has 1 aromatic carbocycles. The number of para-hydroxylation sites is 1. The second-order valence-electron chi connectivity index (χ2n) is 6.37. The minimum Gasteiger partial charge on any atom is -0.508 e. The number of nitrogen functional groups attached to an aromatic ring is 1. The van der Waals surface area contributed by atoms with Gasteiger partial charge in [0.05, 0.1) is 12.3 Å². The number of aliphatic hydroxyl groups excluding tert-OH is 1. The number of aromatic nitrogens is 1. The van der Waals surface area contributed by atoms with Gasteiger partial charge in [-0.3, -0.25) is 0 Å². The summed E-state index contributed by atoms with van der Waals surface area (Å²) < 4.78 is 0. The van der Waals surface area contributed by atoms with Crippen LogP contribution in [-0.4, -0.2) is 20.7 Å². The number of hydrogen-bond donors (Lipinski definition) is 4. The fourth-order valence-electron chi connectivity index (χ4n) is 2.42. The van der Waals surface area contributed by atoms with E-state index in [4.69, 9.17) is 5.73 Å². The molecule has 0 unspecified atom stereocenters. The summed E-state index contributed by atoms with van der Waals surface area (Å²) in [5.41, 5.74) is 8.08. The molecule has 0 aliphatic carbocycles. The average molecular weight is 315 g/mol. The standard InChI is InChI=1S/C18H25N3O2/c1-18(2,10-9-13-5-3-4-6-16(13)23)20-11-15-14(12-22)7-8-17(19)21-15/h3-8,20,22-23H,9-12H2,1-2H3,(H2,19,21). The Morgan fingerprint density at radius 2 is 1.87 bits per heavy atom. The number of phenolic OH excluding ortho intramolecular Hbond substituents is 1. The maximum Gasteiger partial charge on any atom is 0.123 e. The van der Waals surface area contributed by atoms with Crippen LogP contribution in [0.25, 0.3) is 0 Å². The van der Waals surface area contributed by atoms with Gasteiger partial charge in [-0.2, -0.15) is 0 Å². The van der Waals surface area contributed by atoms with Gasteiger partial charge in [0.15, 0.2) is 0 Å². The number of nitrogens with zero attached hydrogens (tertiary/aromatic N) is 1. The quantitative estimate of drug-likeness (QED) is 0.629. The molecule has 124 valence electrons. The van der Waals surface area contributed by atoms with E-state index in [1.54, 1.807) is 18.2 Å². The summed E-state index contributed by atoms with van der Waals surface area (Å²) in [6.07, 6.45) is 1.64. The van der Waals surface area contributed by atoms with E-state index in [-0.39, 0.29) is 12.1 Å². The SMILES string of the molecule is CC(C)(CCc1ccccc1O)NCc1nc(N)ccc1CO. The predicted octanol–water partition coefficient (Wildman–Crippen LogP) is 2.36. The van der Waals surface area contributed by atoms with Crippen molar-refractivity contribution in [3.63, 3.8) is 0 Å². The molecular weight excluding hydrogens is 290 g/mol. The highest BCUT2D eigenvalue weighted by atomic mass is 16.3. The normalized spacial score (nSPS) is 11.6. The van der Waals surface area contributed by atoms with E-state index in [0.717, 1.165) is 29.7 Å². The number of nitrogens with two attached hydrogens (primary N) is 1. The zero-order valence-corrected chi connectivity index (χ0v) is 13.7. The third-order valence-electron chi connectivity index (χ3n) is 4.01. The van der Waals surface area contributed by atoms with Crippen molar-refractivity contribution >= 4 is 5.82 Å². The van der Waals surface area contributed by atoms with Gasteiger partial charge >= 0.3 is 0 Å². The van der Waals surface area contributed by atoms with Crippen LogP contribution in [0.3, 0.4) is 0 Å². The van der Waals surface area contributed by atoms with Crippen LogP contribution in [0.1, 0.15) is 37.1 Å². The molecule has 5 heteroatoms. The molecule has 0 amide bonds. The third kappa shape index (κ3) is 4.94. The van der Waals surface area contributed by atoms with Gasteiger partial charge in [-0.25, -0.2) is 4.98 Å². The van der Waals surface area contributed by atoms with Crippen LogP contribution in [0.4, 0.5) is 5.82 Å². The number of phenols is 1. The highest BCUT2D eigenvalue weighted by molar-refractivity contribution is 5.34. The molecular formula is C18H25N3O2. The molecule has 0 aliphatic rings. The maximum absolute atomic E-state index is 9.84. The molecule has 2 aromatic rings. The number of aliphatic hydroxyl groups is 1. The summed E-state index contributed by atoms with van der Waals surface area (Å²) in [7, 11) is 0. The Morgan fingerprint density at radius 1 is 1.13 bits per heavy atom. The summed E-state index contributed by atoms with van der Waals surface area (Å²) in [6, 6.07) is 10.9. The van der Waals surface area contributed by atoms with Gasteiger partial charge in [0.25, 0.3) is 0 Å². The summed E-state index contributed by atoms with van der Waals surface area (Å²) in [4.78, 5) is 4.29. The van der Waals surface area contributed by atoms with Crippen LogP contribution in [0.15, 0.2) is 36.4 Å². The molecule has 0 bridgehead atoms. The topological polar surface area (TPSA) is 91.4 Å². The molecule has 2 rings (SSSR count). The van der Waals surface area contributed by atoms with Crippen molar-refractivity contribution in [2.75, 3.05) is 5.73 Å². The number of anilines is 1. The van der Waals surface area contributed by atoms with E-state index in [0.29, 0.717) is 18.1 Å². The van der Waals surface area contributed by atoms with E-state index in [1.165, 1.54) is 0 Å². The van der Waals surface area contributed by atoms with Gasteiger partial charge in [0.2, 0.25) is 0 Å². The van der Waals surface area contributed by atoms with Crippen molar-refractivity contribution in [2.24, 2.45) is 0 Å². The first kappa shape index (κ1) is 17.2. The number of pyridine rings is 1. The fourth-order valence-corrected chi connectivity index (χ4v) is 2.42. The highest BCUT2D eigenvalue weighted by Gasteiger charge is 2.18. The molecule has 0 saturated heterocycles. The van der Waals surface area contributed by atoms with E-state index in [9.17, 15) is 10.2 Å². The summed E-state index contributed by atoms with van der Waals surface area (Å²) in [6.45, 7) is 4.70. The van der Waals surface area contributed by atoms with E-state index in [1.807, 2.05) is 18.2 Å². The molecule has 0 spiro atoms. The fraction of sp³-hybridized carbons (Fsp3) is 0.389. The molecule has 23 heavy (non-hydrogen) atoms. The molecule has 1 aromatic heterocycles. The summed E-state index contributed by atoms with van der Waals surface area (Å²) >= 11 is 0. The Morgan fingerprint density at radius 3 is 2.57 bits per heavy atom. The monoisotopic (exact) mass is 315 g/mol. The lowest BCUT2D eigenvalue weighted by Gasteiger charge is -2.27. The molecule has 0 saturated carbocycles. The smallest absolute Gasteiger partial charge is 0.123 e. The lowest BCUT2D eigenvalue weighted by Crippen LogP contribution is -2.39. The van der Waals surface area contributed by atoms with Crippen molar-refractivity contribution in [1.29, 1.82) is 0 Å². The van der Waals surface area contributed by atoms with Gasteiger partial charge in [-0.15, -0.1) is 0 Å². The van der Waals surface area contributed by atoms with Gasteiger partial charge in [0.1, 0.15) is 11.6 Å². The largest absolute Gasteiger partial charge is 0.508 e. The highest BCUT2D eigenvalue weighted by Crippen LogP contribution is 2.21. The lowest BCUT2D eigenvalue weighted by atomic mass is 9.94. The van der Waals surface area contributed by atoms with Crippen molar-refractivity contribution in [3.8, 4) is 5.75 Å². The number of hydrogen-bond acceptors (Lipinski definition) is 5. The van der Waals surface area contributed by atoms with Crippen LogP contribution < -0.4 is 11.1 Å². The zero-order valence-electron chi connectivity index (χ0n) is 13.7. The van der Waals surface area contributed by atoms with Crippen LogP contribution in [0.5, 0.6) is 5.75 Å². The van der Waals surface area contributed by atoms with Crippen LogP contribution in [0.2, 0.25) is 0 Å². The van der Waals surface area contributed by atoms with E-state index >= 15 is 0 Å². The van der Waals surface area contributed by atoms with Crippen molar-refractivity contribution in [2.45, 2.75) is 45.4 Å². The number of rotatable bonds is 7. The van der Waals surface area contributed by atoms with Gasteiger partial charge in [-0.1, -0.05) is 24.3 Å². The van der Waals surface area contributed by atoms with Crippen LogP contribution >= 0.6 is 0 Å². The average Bonchev–Trinajstić information content (AvgIpc) is 2.52. The van der Waals surface area contributed by atoms with Crippen molar-refractivity contribution < 1.29 is 10.2 Å². The molecule has 1 heterocycles. The predicted molar refractivity (Wildman–Crippen MR) is 91.9 cm³/mol. The maximum atomic E-state index is 9.84. The van der Waals surface area contributed by atoms with Crippen molar-refractivity contribution in [3.05, 3.63) is 53.2 Å². The minimum absolute atomic E-state index is 0.0530. The Hall–Kier alpha value is -2.11.